The second-order valence-corrected chi connectivity index (χ2v) is 14.9. The molecule has 0 saturated carbocycles. The SMILES string of the molecule is C=CC(=O)Nc1cc(Nc2cc(N3OCCC3c3cccc(Cl)c3Cl)ncn2)c(OC)cc1N1CCC(N2CCN(C3CCN(C)CC3)CC2)CC1. The molecule has 0 aliphatic carbocycles. The Hall–Kier alpha value is -3.65. The number of amides is 1. The highest BCUT2D eigenvalue weighted by Crippen LogP contribution is 2.42. The average molecular weight is 751 g/mol. The second-order valence-electron chi connectivity index (χ2n) is 14.1. The molecule has 3 aromatic rings. The first-order valence-electron chi connectivity index (χ1n) is 18.3. The maximum atomic E-state index is 12.7. The van der Waals surface area contributed by atoms with Gasteiger partial charge in [0.2, 0.25) is 5.91 Å². The number of carbonyl (C=O) groups excluding carboxylic acids is 1. The number of nitrogens with zero attached hydrogens (tertiary/aromatic N) is 7. The molecular formula is C38H49Cl2N9O3. The minimum atomic E-state index is -0.282. The molecule has 0 spiro atoms. The van der Waals surface area contributed by atoms with Crippen LogP contribution in [0.25, 0.3) is 0 Å². The molecule has 0 radical (unpaired) electrons. The van der Waals surface area contributed by atoms with E-state index in [0.29, 0.717) is 51.5 Å². The van der Waals surface area contributed by atoms with Gasteiger partial charge in [0.15, 0.2) is 5.82 Å². The van der Waals surface area contributed by atoms with Crippen LogP contribution in [0.3, 0.4) is 0 Å². The van der Waals surface area contributed by atoms with Crippen LogP contribution in [0.5, 0.6) is 5.75 Å². The lowest BCUT2D eigenvalue weighted by atomic mass is 9.99. The van der Waals surface area contributed by atoms with Crippen molar-refractivity contribution in [2.75, 3.05) is 93.7 Å². The van der Waals surface area contributed by atoms with E-state index in [1.165, 1.54) is 38.3 Å². The molecule has 52 heavy (non-hydrogen) atoms. The molecule has 0 bridgehead atoms. The lowest BCUT2D eigenvalue weighted by molar-refractivity contribution is -0.111. The maximum Gasteiger partial charge on any atom is 0.247 e. The summed E-state index contributed by atoms with van der Waals surface area (Å²) < 4.78 is 5.90. The van der Waals surface area contributed by atoms with E-state index in [-0.39, 0.29) is 11.9 Å². The Kier molecular flexibility index (Phi) is 11.7. The topological polar surface area (TPSA) is 102 Å². The molecule has 1 amide bonds. The van der Waals surface area contributed by atoms with Crippen LogP contribution >= 0.6 is 23.2 Å². The van der Waals surface area contributed by atoms with Crippen LogP contribution < -0.4 is 25.3 Å². The van der Waals surface area contributed by atoms with Crippen molar-refractivity contribution in [3.8, 4) is 5.75 Å². The first-order valence-corrected chi connectivity index (χ1v) is 19.1. The van der Waals surface area contributed by atoms with E-state index >= 15 is 0 Å². The summed E-state index contributed by atoms with van der Waals surface area (Å²) in [7, 11) is 3.88. The fraction of sp³-hybridized carbons (Fsp3) is 0.500. The van der Waals surface area contributed by atoms with E-state index in [1.54, 1.807) is 18.2 Å². The van der Waals surface area contributed by atoms with Gasteiger partial charge >= 0.3 is 0 Å². The number of piperidine rings is 2. The van der Waals surface area contributed by atoms with Gasteiger partial charge in [-0.05, 0) is 69.6 Å². The predicted octanol–water partition coefficient (Wildman–Crippen LogP) is 6.22. The van der Waals surface area contributed by atoms with Crippen LogP contribution in [-0.4, -0.2) is 116 Å². The van der Waals surface area contributed by atoms with Gasteiger partial charge in [-0.15, -0.1) is 0 Å². The Balaban J connectivity index is 1.04. The molecule has 278 valence electrons. The fourth-order valence-electron chi connectivity index (χ4n) is 8.11. The van der Waals surface area contributed by atoms with Gasteiger partial charge in [0, 0.05) is 69.9 Å². The summed E-state index contributed by atoms with van der Waals surface area (Å²) in [5, 5.41) is 9.17. The minimum Gasteiger partial charge on any atom is -0.494 e. The molecule has 5 heterocycles. The standard InChI is InChI=1S/C38H49Cl2N9O3/c1-4-37(50)44-30-22-31(43-35-24-36(42-25-41-35)49-32(12-21-52-49)28-6-5-7-29(39)38(28)40)34(51-3)23-33(30)48-15-10-27(11-16-48)47-19-17-46(18-20-47)26-8-13-45(2)14-9-26/h4-7,22-27,32H,1,8-21H2,2-3H3,(H,44,50)(H,41,42,43). The zero-order valence-electron chi connectivity index (χ0n) is 30.1. The Morgan fingerprint density at radius 1 is 0.923 bits per heavy atom. The van der Waals surface area contributed by atoms with E-state index < -0.39 is 0 Å². The van der Waals surface area contributed by atoms with Crippen LogP contribution in [0.15, 0.2) is 55.4 Å². The normalized spacial score (nSPS) is 21.3. The first-order chi connectivity index (χ1) is 25.3. The molecular weight excluding hydrogens is 701 g/mol. The van der Waals surface area contributed by atoms with Crippen molar-refractivity contribution >= 4 is 57.8 Å². The van der Waals surface area contributed by atoms with Gasteiger partial charge in [0.05, 0.1) is 46.9 Å². The highest BCUT2D eigenvalue weighted by Gasteiger charge is 2.33. The van der Waals surface area contributed by atoms with Crippen molar-refractivity contribution in [3.63, 3.8) is 0 Å². The Morgan fingerprint density at radius 3 is 2.29 bits per heavy atom. The molecule has 1 aromatic heterocycles. The summed E-state index contributed by atoms with van der Waals surface area (Å²) in [6.45, 7) is 13.0. The molecule has 2 N–H and O–H groups in total. The summed E-state index contributed by atoms with van der Waals surface area (Å²) in [5.41, 5.74) is 3.10. The van der Waals surface area contributed by atoms with Crippen molar-refractivity contribution in [1.82, 2.24) is 24.7 Å². The fourth-order valence-corrected chi connectivity index (χ4v) is 8.54. The zero-order chi connectivity index (χ0) is 36.2. The zero-order valence-corrected chi connectivity index (χ0v) is 31.6. The number of aromatic nitrogens is 2. The number of anilines is 5. The van der Waals surface area contributed by atoms with Crippen molar-refractivity contribution in [2.24, 2.45) is 0 Å². The molecule has 4 saturated heterocycles. The molecule has 4 aliphatic heterocycles. The van der Waals surface area contributed by atoms with E-state index in [0.717, 1.165) is 75.8 Å². The summed E-state index contributed by atoms with van der Waals surface area (Å²) in [4.78, 5) is 37.9. The van der Waals surface area contributed by atoms with Crippen LogP contribution in [0.2, 0.25) is 10.0 Å². The van der Waals surface area contributed by atoms with E-state index in [2.05, 4.69) is 53.8 Å². The van der Waals surface area contributed by atoms with Crippen LogP contribution in [-0.2, 0) is 9.63 Å². The summed E-state index contributed by atoms with van der Waals surface area (Å²) in [6.07, 6.45) is 8.19. The highest BCUT2D eigenvalue weighted by atomic mass is 35.5. The lowest BCUT2D eigenvalue weighted by Crippen LogP contribution is -2.56. The third kappa shape index (κ3) is 8.12. The van der Waals surface area contributed by atoms with Gasteiger partial charge in [0.25, 0.3) is 0 Å². The number of likely N-dealkylation sites (tertiary alicyclic amines) is 1. The summed E-state index contributed by atoms with van der Waals surface area (Å²) in [5.74, 6) is 1.44. The molecule has 4 fully saturated rings. The number of benzene rings is 2. The van der Waals surface area contributed by atoms with Gasteiger partial charge in [-0.3, -0.25) is 19.4 Å². The number of halogens is 2. The van der Waals surface area contributed by atoms with E-state index in [4.69, 9.17) is 32.8 Å². The van der Waals surface area contributed by atoms with Crippen LogP contribution in [0, 0.1) is 0 Å². The molecule has 7 rings (SSSR count). The molecule has 4 aliphatic rings. The quantitative estimate of drug-likeness (QED) is 0.231. The number of methoxy groups -OCH3 is 1. The first kappa shape index (κ1) is 36.7. The number of piperazine rings is 1. The third-order valence-electron chi connectivity index (χ3n) is 11.0. The molecule has 14 heteroatoms. The summed E-state index contributed by atoms with van der Waals surface area (Å²) >= 11 is 12.9. The van der Waals surface area contributed by atoms with Gasteiger partial charge in [-0.25, -0.2) is 15.0 Å². The number of hydroxylamine groups is 1. The average Bonchev–Trinajstić information content (AvgIpc) is 3.67. The van der Waals surface area contributed by atoms with Crippen molar-refractivity contribution < 1.29 is 14.4 Å². The highest BCUT2D eigenvalue weighted by molar-refractivity contribution is 6.42. The molecule has 12 nitrogen and oxygen atoms in total. The number of hydrogen-bond acceptors (Lipinski definition) is 11. The second kappa shape index (κ2) is 16.6. The Labute approximate surface area is 316 Å². The number of ether oxygens (including phenoxy) is 1. The maximum absolute atomic E-state index is 12.7. The van der Waals surface area contributed by atoms with Crippen LogP contribution in [0.1, 0.15) is 43.7 Å². The van der Waals surface area contributed by atoms with Crippen molar-refractivity contribution in [1.29, 1.82) is 0 Å². The van der Waals surface area contributed by atoms with Gasteiger partial charge in [0.1, 0.15) is 17.9 Å². The van der Waals surface area contributed by atoms with Crippen LogP contribution in [0.4, 0.5) is 28.7 Å². The van der Waals surface area contributed by atoms with E-state index in [1.807, 2.05) is 30.3 Å². The molecule has 1 unspecified atom stereocenters. The number of hydrogen-bond donors (Lipinski definition) is 2. The predicted molar refractivity (Wildman–Crippen MR) is 208 cm³/mol. The van der Waals surface area contributed by atoms with Crippen molar-refractivity contribution in [2.45, 2.75) is 50.2 Å². The minimum absolute atomic E-state index is 0.165. The smallest absolute Gasteiger partial charge is 0.247 e. The molecule has 2 aromatic carbocycles. The van der Waals surface area contributed by atoms with Gasteiger partial charge in [-0.1, -0.05) is 41.9 Å². The Bertz CT molecular complexity index is 1720. The number of rotatable bonds is 10. The third-order valence-corrected chi connectivity index (χ3v) is 11.9. The number of nitrogens with one attached hydrogen (secondary N) is 2. The lowest BCUT2D eigenvalue weighted by Gasteiger charge is -2.46. The monoisotopic (exact) mass is 749 g/mol. The van der Waals surface area contributed by atoms with Gasteiger partial charge < -0.3 is 25.2 Å². The summed E-state index contributed by atoms with van der Waals surface area (Å²) in [6, 6.07) is 12.4. The largest absolute Gasteiger partial charge is 0.494 e. The Morgan fingerprint density at radius 2 is 1.62 bits per heavy atom. The van der Waals surface area contributed by atoms with E-state index in [9.17, 15) is 4.79 Å². The van der Waals surface area contributed by atoms with Crippen molar-refractivity contribution in [3.05, 3.63) is 71.0 Å². The van der Waals surface area contributed by atoms with Gasteiger partial charge in [-0.2, -0.15) is 0 Å². The molecule has 1 atom stereocenters. The number of carbonyl (C=O) groups is 1.